The number of allylic oxidation sites excluding steroid dienone is 1. The number of ketones is 1. The summed E-state index contributed by atoms with van der Waals surface area (Å²) >= 11 is 0. The van der Waals surface area contributed by atoms with Crippen LogP contribution in [0.25, 0.3) is 0 Å². The number of para-hydroxylation sites is 1. The van der Waals surface area contributed by atoms with Crippen molar-refractivity contribution in [2.24, 2.45) is 4.99 Å². The average molecular weight is 410 g/mol. The molecule has 2 amide bonds. The lowest BCUT2D eigenvalue weighted by Gasteiger charge is -2.36. The molecule has 0 unspecified atom stereocenters. The summed E-state index contributed by atoms with van der Waals surface area (Å²) in [5.41, 5.74) is 1.59. The molecule has 0 bridgehead atoms. The molecule has 1 aromatic carbocycles. The third kappa shape index (κ3) is 3.68. The van der Waals surface area contributed by atoms with Crippen LogP contribution in [0.3, 0.4) is 0 Å². The summed E-state index contributed by atoms with van der Waals surface area (Å²) in [4.78, 5) is 36.5. The van der Waals surface area contributed by atoms with E-state index in [1.165, 1.54) is 28.1 Å². The minimum absolute atomic E-state index is 0.0416. The first-order chi connectivity index (χ1) is 13.8. The molecular weight excluding hydrogens is 392 g/mol. The fraction of sp³-hybridized carbons (Fsp3) is 0.200. The number of amides is 2. The summed E-state index contributed by atoms with van der Waals surface area (Å²) in [5.74, 6) is 0.326. The van der Waals surface area contributed by atoms with Gasteiger partial charge in [-0.1, -0.05) is 18.2 Å². The molecule has 0 fully saturated rings. The van der Waals surface area contributed by atoms with Crippen LogP contribution in [0.4, 0.5) is 16.3 Å². The van der Waals surface area contributed by atoms with Crippen molar-refractivity contribution in [2.75, 3.05) is 17.7 Å². The van der Waals surface area contributed by atoms with E-state index in [0.29, 0.717) is 11.5 Å². The highest BCUT2D eigenvalue weighted by Crippen LogP contribution is 2.36. The number of rotatable bonds is 4. The van der Waals surface area contributed by atoms with E-state index in [1.54, 1.807) is 30.5 Å². The number of urea groups is 1. The maximum Gasteiger partial charge on any atom is 0.331 e. The Hall–Kier alpha value is -3.33. The molecule has 0 spiro atoms. The van der Waals surface area contributed by atoms with Gasteiger partial charge in [-0.05, 0) is 24.3 Å². The zero-order chi connectivity index (χ0) is 20.6. The van der Waals surface area contributed by atoms with Crippen LogP contribution in [-0.2, 0) is 21.2 Å². The van der Waals surface area contributed by atoms with E-state index in [0.717, 1.165) is 11.8 Å². The Kier molecular flexibility index (Phi) is 4.75. The Balaban J connectivity index is 1.79. The first-order valence-electron chi connectivity index (χ1n) is 8.91. The zero-order valence-electron chi connectivity index (χ0n) is 15.6. The van der Waals surface area contributed by atoms with Crippen LogP contribution >= 0.6 is 0 Å². The number of benzene rings is 1. The summed E-state index contributed by atoms with van der Waals surface area (Å²) in [7, 11) is -3.58. The van der Waals surface area contributed by atoms with Crippen molar-refractivity contribution in [1.82, 2.24) is 9.88 Å². The van der Waals surface area contributed by atoms with Gasteiger partial charge in [-0.25, -0.2) is 23.1 Å². The number of hydrogen-bond acceptors (Lipinski definition) is 6. The Bertz CT molecular complexity index is 1170. The topological polar surface area (TPSA) is 100 Å². The second-order valence-electron chi connectivity index (χ2n) is 6.85. The van der Waals surface area contributed by atoms with Gasteiger partial charge in [0.05, 0.1) is 30.1 Å². The van der Waals surface area contributed by atoms with Crippen molar-refractivity contribution < 1.29 is 18.0 Å². The molecule has 29 heavy (non-hydrogen) atoms. The normalized spacial score (nSPS) is 16.7. The lowest BCUT2D eigenvalue weighted by molar-refractivity contribution is -0.113. The van der Waals surface area contributed by atoms with Crippen LogP contribution in [-0.4, -0.2) is 48.6 Å². The Morgan fingerprint density at radius 2 is 1.90 bits per heavy atom. The van der Waals surface area contributed by atoms with Crippen LogP contribution in [0.5, 0.6) is 0 Å². The quantitative estimate of drug-likeness (QED) is 0.771. The van der Waals surface area contributed by atoms with Crippen LogP contribution in [0, 0.1) is 0 Å². The third-order valence-electron chi connectivity index (χ3n) is 4.68. The van der Waals surface area contributed by atoms with Crippen molar-refractivity contribution in [3.05, 3.63) is 60.4 Å². The minimum Gasteiger partial charge on any atom is -0.314 e. The molecule has 4 rings (SSSR count). The Morgan fingerprint density at radius 1 is 1.10 bits per heavy atom. The van der Waals surface area contributed by atoms with Gasteiger partial charge in [-0.3, -0.25) is 9.79 Å². The summed E-state index contributed by atoms with van der Waals surface area (Å²) in [6.07, 6.45) is 5.65. The highest BCUT2D eigenvalue weighted by molar-refractivity contribution is 7.90. The molecule has 148 valence electrons. The minimum atomic E-state index is -3.58. The van der Waals surface area contributed by atoms with Gasteiger partial charge in [0.15, 0.2) is 15.6 Å². The van der Waals surface area contributed by atoms with Gasteiger partial charge in [-0.15, -0.1) is 0 Å². The standard InChI is InChI=1S/C20H18N4O4S/c1-29(27,28)18-7-3-2-6-17(18)24-19-14(5-4-9-22-19)12-23(20(24)26)13-15-11-16(25)8-10-21-15/h2-10H,11-13H2,1H3. The predicted molar refractivity (Wildman–Crippen MR) is 108 cm³/mol. The highest BCUT2D eigenvalue weighted by atomic mass is 32.2. The maximum absolute atomic E-state index is 13.4. The number of nitrogens with zero attached hydrogens (tertiary/aromatic N) is 4. The summed E-state index contributed by atoms with van der Waals surface area (Å²) < 4.78 is 24.6. The van der Waals surface area contributed by atoms with Crippen molar-refractivity contribution >= 4 is 38.9 Å². The van der Waals surface area contributed by atoms with E-state index in [-0.39, 0.29) is 35.9 Å². The average Bonchev–Trinajstić information content (AvgIpc) is 2.68. The zero-order valence-corrected chi connectivity index (χ0v) is 16.5. The van der Waals surface area contributed by atoms with Crippen LogP contribution in [0.2, 0.25) is 0 Å². The number of aliphatic imine (C=N–C) groups is 1. The van der Waals surface area contributed by atoms with Gasteiger partial charge in [0, 0.05) is 29.9 Å². The van der Waals surface area contributed by atoms with E-state index in [9.17, 15) is 18.0 Å². The highest BCUT2D eigenvalue weighted by Gasteiger charge is 2.35. The fourth-order valence-corrected chi connectivity index (χ4v) is 4.27. The van der Waals surface area contributed by atoms with Crippen LogP contribution < -0.4 is 4.90 Å². The number of carbonyl (C=O) groups is 2. The summed E-state index contributed by atoms with van der Waals surface area (Å²) in [6.45, 7) is 0.456. The van der Waals surface area contributed by atoms with Crippen molar-refractivity contribution in [3.63, 3.8) is 0 Å². The number of anilines is 2. The molecule has 0 N–H and O–H groups in total. The number of carbonyl (C=O) groups excluding carboxylic acids is 2. The molecule has 0 aliphatic carbocycles. The second kappa shape index (κ2) is 7.25. The van der Waals surface area contributed by atoms with E-state index >= 15 is 0 Å². The Labute approximate surface area is 168 Å². The monoisotopic (exact) mass is 410 g/mol. The van der Waals surface area contributed by atoms with Gasteiger partial charge in [0.2, 0.25) is 0 Å². The Morgan fingerprint density at radius 3 is 2.66 bits per heavy atom. The molecule has 1 aromatic heterocycles. The fourth-order valence-electron chi connectivity index (χ4n) is 3.40. The first kappa shape index (κ1) is 19.0. The third-order valence-corrected chi connectivity index (χ3v) is 5.82. The first-order valence-corrected chi connectivity index (χ1v) is 10.8. The van der Waals surface area contributed by atoms with Crippen LogP contribution in [0.1, 0.15) is 12.0 Å². The number of pyridine rings is 1. The van der Waals surface area contributed by atoms with E-state index in [1.807, 2.05) is 6.07 Å². The summed E-state index contributed by atoms with van der Waals surface area (Å²) in [6, 6.07) is 9.52. The van der Waals surface area contributed by atoms with Crippen LogP contribution in [0.15, 0.2) is 64.8 Å². The molecule has 9 heteroatoms. The molecule has 0 radical (unpaired) electrons. The molecule has 0 saturated carbocycles. The molecule has 8 nitrogen and oxygen atoms in total. The van der Waals surface area contributed by atoms with Gasteiger partial charge >= 0.3 is 6.03 Å². The SMILES string of the molecule is CS(=O)(=O)c1ccccc1N1C(=O)N(CC2=NC=CC(=O)C2)Cc2cccnc21. The molecular formula is C20H18N4O4S. The van der Waals surface area contributed by atoms with E-state index in [4.69, 9.17) is 0 Å². The van der Waals surface area contributed by atoms with Crippen molar-refractivity contribution in [3.8, 4) is 0 Å². The summed E-state index contributed by atoms with van der Waals surface area (Å²) in [5, 5.41) is 0. The number of sulfone groups is 1. The molecule has 3 heterocycles. The van der Waals surface area contributed by atoms with E-state index in [2.05, 4.69) is 9.98 Å². The van der Waals surface area contributed by atoms with Crippen molar-refractivity contribution in [2.45, 2.75) is 17.9 Å². The second-order valence-corrected chi connectivity index (χ2v) is 8.84. The maximum atomic E-state index is 13.4. The number of aromatic nitrogens is 1. The predicted octanol–water partition coefficient (Wildman–Crippen LogP) is 2.49. The van der Waals surface area contributed by atoms with Gasteiger partial charge < -0.3 is 4.90 Å². The lowest BCUT2D eigenvalue weighted by Crippen LogP contribution is -2.47. The largest absolute Gasteiger partial charge is 0.331 e. The molecule has 0 atom stereocenters. The number of fused-ring (bicyclic) bond motifs is 1. The molecule has 2 aliphatic heterocycles. The van der Waals surface area contributed by atoms with Gasteiger partial charge in [0.1, 0.15) is 5.82 Å². The van der Waals surface area contributed by atoms with Gasteiger partial charge in [-0.2, -0.15) is 0 Å². The van der Waals surface area contributed by atoms with Crippen molar-refractivity contribution in [1.29, 1.82) is 0 Å². The molecule has 0 saturated heterocycles. The number of hydrogen-bond donors (Lipinski definition) is 0. The molecule has 2 aliphatic rings. The lowest BCUT2D eigenvalue weighted by atomic mass is 10.1. The molecule has 2 aromatic rings. The van der Waals surface area contributed by atoms with E-state index < -0.39 is 15.9 Å². The smallest absolute Gasteiger partial charge is 0.314 e. The van der Waals surface area contributed by atoms with Gasteiger partial charge in [0.25, 0.3) is 0 Å².